The van der Waals surface area contributed by atoms with E-state index >= 15 is 0 Å². The molecule has 0 radical (unpaired) electrons. The topological polar surface area (TPSA) is 96.7 Å². The number of allylic oxidation sites excluding steroid dienone is 3. The molecule has 2 N–H and O–H groups in total. The molecule has 30 heavy (non-hydrogen) atoms. The van der Waals surface area contributed by atoms with E-state index in [0.29, 0.717) is 23.4 Å². The predicted octanol–water partition coefficient (Wildman–Crippen LogP) is 2.76. The number of ether oxygens (including phenoxy) is 1. The molecule has 1 aromatic carbocycles. The van der Waals surface area contributed by atoms with Crippen LogP contribution >= 0.6 is 0 Å². The Morgan fingerprint density at radius 1 is 1.33 bits per heavy atom. The Morgan fingerprint density at radius 2 is 2.07 bits per heavy atom. The fourth-order valence-corrected chi connectivity index (χ4v) is 3.57. The molecular formula is C22H28N4O4. The first kappa shape index (κ1) is 21.6. The Hall–Kier alpha value is -3.13. The highest BCUT2D eigenvalue weighted by atomic mass is 16.5. The van der Waals surface area contributed by atoms with E-state index in [1.807, 2.05) is 10.9 Å². The van der Waals surface area contributed by atoms with Gasteiger partial charge in [-0.1, -0.05) is 0 Å². The van der Waals surface area contributed by atoms with Gasteiger partial charge in [-0.3, -0.25) is 14.3 Å². The second kappa shape index (κ2) is 9.58. The van der Waals surface area contributed by atoms with Crippen molar-refractivity contribution in [3.8, 4) is 5.75 Å². The lowest BCUT2D eigenvalue weighted by atomic mass is 9.93. The SMILES string of the molecule is COc1cc2nn([C@H]3CC[C@@H](O)CC3)cc2cc1C(=O)N/C(C)=C/C=C\N(C)C=O. The first-order valence-corrected chi connectivity index (χ1v) is 10.00. The number of methoxy groups -OCH3 is 1. The number of carbonyl (C=O) groups is 2. The summed E-state index contributed by atoms with van der Waals surface area (Å²) in [5, 5.41) is 18.1. The van der Waals surface area contributed by atoms with Gasteiger partial charge in [-0.25, -0.2) is 0 Å². The van der Waals surface area contributed by atoms with E-state index in [0.717, 1.165) is 36.6 Å². The molecule has 1 heterocycles. The molecule has 1 saturated carbocycles. The number of hydrogen-bond acceptors (Lipinski definition) is 5. The number of nitrogens with zero attached hydrogens (tertiary/aromatic N) is 3. The van der Waals surface area contributed by atoms with E-state index in [4.69, 9.17) is 4.74 Å². The molecule has 8 heteroatoms. The molecule has 0 spiro atoms. The molecule has 3 rings (SSSR count). The maximum Gasteiger partial charge on any atom is 0.259 e. The Balaban J connectivity index is 1.80. The fraction of sp³-hybridized carbons (Fsp3) is 0.409. The molecule has 1 aromatic heterocycles. The minimum absolute atomic E-state index is 0.216. The summed E-state index contributed by atoms with van der Waals surface area (Å²) in [6.45, 7) is 1.77. The second-order valence-electron chi connectivity index (χ2n) is 7.60. The molecule has 8 nitrogen and oxygen atoms in total. The van der Waals surface area contributed by atoms with Gasteiger partial charge in [0, 0.05) is 36.6 Å². The summed E-state index contributed by atoms with van der Waals surface area (Å²) in [4.78, 5) is 24.8. The van der Waals surface area contributed by atoms with E-state index in [1.165, 1.54) is 12.0 Å². The molecule has 1 aliphatic carbocycles. The quantitative estimate of drug-likeness (QED) is 0.538. The molecule has 0 atom stereocenters. The third-order valence-corrected chi connectivity index (χ3v) is 5.27. The summed E-state index contributed by atoms with van der Waals surface area (Å²) in [5.74, 6) is 0.168. The Morgan fingerprint density at radius 3 is 2.73 bits per heavy atom. The molecule has 2 aromatic rings. The van der Waals surface area contributed by atoms with Gasteiger partial charge in [-0.05, 0) is 50.8 Å². The number of aromatic nitrogens is 2. The molecule has 0 bridgehead atoms. The summed E-state index contributed by atoms with van der Waals surface area (Å²) in [5.41, 5.74) is 1.82. The van der Waals surface area contributed by atoms with Gasteiger partial charge in [-0.2, -0.15) is 5.10 Å². The maximum atomic E-state index is 12.8. The third kappa shape index (κ3) is 5.07. The first-order chi connectivity index (χ1) is 14.4. The van der Waals surface area contributed by atoms with Crippen molar-refractivity contribution in [2.24, 2.45) is 0 Å². The maximum absolute atomic E-state index is 12.8. The summed E-state index contributed by atoms with van der Waals surface area (Å²) in [6.07, 6.45) is 10.7. The molecule has 1 aliphatic rings. The second-order valence-corrected chi connectivity index (χ2v) is 7.60. The molecule has 0 saturated heterocycles. The van der Waals surface area contributed by atoms with Crippen LogP contribution in [0.1, 0.15) is 49.0 Å². The van der Waals surface area contributed by atoms with Crippen molar-refractivity contribution in [1.82, 2.24) is 20.0 Å². The standard InChI is InChI=1S/C22H28N4O4/c1-15(5-4-10-25(2)14-27)23-22(29)19-11-16-13-26(17-6-8-18(28)9-7-17)24-20(16)12-21(19)30-3/h4-5,10-14,17-18,28H,6-9H2,1-3H3,(H,23,29)/b10-4-,15-5+/t17-,18+. The molecule has 0 unspecified atom stereocenters. The number of fused-ring (bicyclic) bond motifs is 1. The van der Waals surface area contributed by atoms with Crippen molar-refractivity contribution in [3.63, 3.8) is 0 Å². The van der Waals surface area contributed by atoms with Crippen molar-refractivity contribution in [3.05, 3.63) is 47.9 Å². The lowest BCUT2D eigenvalue weighted by Crippen LogP contribution is -2.22. The van der Waals surface area contributed by atoms with Gasteiger partial charge in [0.15, 0.2) is 0 Å². The van der Waals surface area contributed by atoms with Crippen LogP contribution in [0.15, 0.2) is 42.4 Å². The summed E-state index contributed by atoms with van der Waals surface area (Å²) >= 11 is 0. The van der Waals surface area contributed by atoms with Crippen LogP contribution in [0.4, 0.5) is 0 Å². The number of rotatable bonds is 7. The van der Waals surface area contributed by atoms with Crippen molar-refractivity contribution in [2.45, 2.75) is 44.8 Å². The lowest BCUT2D eigenvalue weighted by Gasteiger charge is -2.25. The van der Waals surface area contributed by atoms with Crippen LogP contribution in [-0.2, 0) is 4.79 Å². The molecular weight excluding hydrogens is 384 g/mol. The Bertz CT molecular complexity index is 971. The lowest BCUT2D eigenvalue weighted by molar-refractivity contribution is -0.114. The molecule has 1 fully saturated rings. The van der Waals surface area contributed by atoms with Crippen LogP contribution in [-0.4, -0.2) is 52.4 Å². The number of nitrogens with one attached hydrogen (secondary N) is 1. The monoisotopic (exact) mass is 412 g/mol. The van der Waals surface area contributed by atoms with Crippen molar-refractivity contribution < 1.29 is 19.4 Å². The van der Waals surface area contributed by atoms with Gasteiger partial charge in [0.2, 0.25) is 6.41 Å². The number of aliphatic hydroxyl groups is 1. The summed E-state index contributed by atoms with van der Waals surface area (Å²) in [7, 11) is 3.15. The molecule has 2 amide bonds. The summed E-state index contributed by atoms with van der Waals surface area (Å²) < 4.78 is 7.37. The zero-order chi connectivity index (χ0) is 21.7. The van der Waals surface area contributed by atoms with Crippen molar-refractivity contribution in [2.75, 3.05) is 14.2 Å². The first-order valence-electron chi connectivity index (χ1n) is 10.00. The normalized spacial score (nSPS) is 19.8. The number of benzene rings is 1. The van der Waals surface area contributed by atoms with Crippen molar-refractivity contribution in [1.29, 1.82) is 0 Å². The van der Waals surface area contributed by atoms with Crippen LogP contribution in [0.25, 0.3) is 10.9 Å². The van der Waals surface area contributed by atoms with Crippen molar-refractivity contribution >= 4 is 23.2 Å². The van der Waals surface area contributed by atoms with Gasteiger partial charge >= 0.3 is 0 Å². The van der Waals surface area contributed by atoms with Gasteiger partial charge in [0.05, 0.1) is 30.3 Å². The highest BCUT2D eigenvalue weighted by molar-refractivity contribution is 6.01. The number of carbonyl (C=O) groups excluding carboxylic acids is 2. The highest BCUT2D eigenvalue weighted by Gasteiger charge is 2.22. The van der Waals surface area contributed by atoms with Gasteiger partial charge in [-0.15, -0.1) is 0 Å². The summed E-state index contributed by atoms with van der Waals surface area (Å²) in [6, 6.07) is 3.82. The Kier molecular flexibility index (Phi) is 6.89. The van der Waals surface area contributed by atoms with Crippen LogP contribution in [0.2, 0.25) is 0 Å². The smallest absolute Gasteiger partial charge is 0.259 e. The van der Waals surface area contributed by atoms with Crippen LogP contribution in [0, 0.1) is 0 Å². The number of hydrogen-bond donors (Lipinski definition) is 2. The average Bonchev–Trinajstić information content (AvgIpc) is 3.15. The minimum atomic E-state index is -0.284. The molecule has 160 valence electrons. The van der Waals surface area contributed by atoms with E-state index in [-0.39, 0.29) is 18.1 Å². The zero-order valence-electron chi connectivity index (χ0n) is 17.5. The minimum Gasteiger partial charge on any atom is -0.496 e. The highest BCUT2D eigenvalue weighted by Crippen LogP contribution is 2.31. The number of amides is 2. The predicted molar refractivity (Wildman–Crippen MR) is 114 cm³/mol. The Labute approximate surface area is 175 Å². The third-order valence-electron chi connectivity index (χ3n) is 5.27. The zero-order valence-corrected chi connectivity index (χ0v) is 17.5. The largest absolute Gasteiger partial charge is 0.496 e. The number of aliphatic hydroxyl groups excluding tert-OH is 1. The van der Waals surface area contributed by atoms with Gasteiger partial charge in [0.25, 0.3) is 5.91 Å². The van der Waals surface area contributed by atoms with E-state index in [1.54, 1.807) is 44.5 Å². The van der Waals surface area contributed by atoms with E-state index < -0.39 is 0 Å². The van der Waals surface area contributed by atoms with Gasteiger partial charge < -0.3 is 20.1 Å². The molecule has 0 aliphatic heterocycles. The average molecular weight is 412 g/mol. The van der Waals surface area contributed by atoms with Crippen LogP contribution < -0.4 is 10.1 Å². The van der Waals surface area contributed by atoms with E-state index in [2.05, 4.69) is 10.4 Å². The van der Waals surface area contributed by atoms with E-state index in [9.17, 15) is 14.7 Å². The van der Waals surface area contributed by atoms with Crippen LogP contribution in [0.3, 0.4) is 0 Å². The van der Waals surface area contributed by atoms with Gasteiger partial charge in [0.1, 0.15) is 5.75 Å². The van der Waals surface area contributed by atoms with Crippen LogP contribution in [0.5, 0.6) is 5.75 Å². The fourth-order valence-electron chi connectivity index (χ4n) is 3.57.